The molecular formula is C10H8Cl2N2OS. The van der Waals surface area contributed by atoms with Gasteiger partial charge in [-0.15, -0.1) is 11.8 Å². The number of nitrogens with zero attached hydrogens (tertiary/aromatic N) is 1. The van der Waals surface area contributed by atoms with Gasteiger partial charge in [0.25, 0.3) is 0 Å². The number of hydrogen-bond acceptors (Lipinski definition) is 3. The minimum atomic E-state index is -0.190. The van der Waals surface area contributed by atoms with Crippen molar-refractivity contribution in [2.75, 3.05) is 16.8 Å². The van der Waals surface area contributed by atoms with E-state index in [0.29, 0.717) is 21.5 Å². The number of nitrogens with one attached hydrogen (secondary N) is 1. The first-order valence-electron chi connectivity index (χ1n) is 4.33. The zero-order chi connectivity index (χ0) is 12.0. The summed E-state index contributed by atoms with van der Waals surface area (Å²) >= 11 is 12.8. The molecule has 0 bridgehead atoms. The summed E-state index contributed by atoms with van der Waals surface area (Å²) in [7, 11) is 0. The van der Waals surface area contributed by atoms with Crippen molar-refractivity contribution < 1.29 is 4.79 Å². The van der Waals surface area contributed by atoms with Crippen molar-refractivity contribution in [1.29, 1.82) is 5.26 Å². The molecule has 1 aromatic carbocycles. The predicted octanol–water partition coefficient (Wildman–Crippen LogP) is 3.19. The highest BCUT2D eigenvalue weighted by Crippen LogP contribution is 2.25. The van der Waals surface area contributed by atoms with E-state index in [2.05, 4.69) is 5.32 Å². The van der Waals surface area contributed by atoms with Crippen molar-refractivity contribution in [2.45, 2.75) is 0 Å². The van der Waals surface area contributed by atoms with Crippen LogP contribution in [0.2, 0.25) is 10.0 Å². The fraction of sp³-hybridized carbons (Fsp3) is 0.200. The zero-order valence-electron chi connectivity index (χ0n) is 8.17. The molecule has 0 radical (unpaired) electrons. The van der Waals surface area contributed by atoms with Crippen LogP contribution in [0.3, 0.4) is 0 Å². The molecule has 0 unspecified atom stereocenters. The first-order valence-corrected chi connectivity index (χ1v) is 6.24. The highest BCUT2D eigenvalue weighted by molar-refractivity contribution is 8.00. The van der Waals surface area contributed by atoms with Gasteiger partial charge < -0.3 is 5.32 Å². The van der Waals surface area contributed by atoms with Crippen molar-refractivity contribution in [3.8, 4) is 6.07 Å². The monoisotopic (exact) mass is 274 g/mol. The number of nitriles is 1. The van der Waals surface area contributed by atoms with E-state index in [-0.39, 0.29) is 11.7 Å². The van der Waals surface area contributed by atoms with Crippen LogP contribution in [-0.2, 0) is 4.79 Å². The van der Waals surface area contributed by atoms with Crippen LogP contribution in [0.5, 0.6) is 0 Å². The Bertz CT molecular complexity index is 431. The summed E-state index contributed by atoms with van der Waals surface area (Å²) in [4.78, 5) is 11.4. The zero-order valence-corrected chi connectivity index (χ0v) is 10.5. The van der Waals surface area contributed by atoms with E-state index in [1.165, 1.54) is 11.8 Å². The van der Waals surface area contributed by atoms with E-state index in [0.717, 1.165) is 0 Å². The van der Waals surface area contributed by atoms with Crippen LogP contribution in [0.25, 0.3) is 0 Å². The Morgan fingerprint density at radius 2 is 2.25 bits per heavy atom. The summed E-state index contributed by atoms with van der Waals surface area (Å²) in [6.07, 6.45) is 0. The molecule has 3 nitrogen and oxygen atoms in total. The predicted molar refractivity (Wildman–Crippen MR) is 68.0 cm³/mol. The van der Waals surface area contributed by atoms with Gasteiger partial charge in [-0.3, -0.25) is 4.79 Å². The average molecular weight is 275 g/mol. The van der Waals surface area contributed by atoms with Crippen molar-refractivity contribution in [2.24, 2.45) is 0 Å². The van der Waals surface area contributed by atoms with E-state index < -0.39 is 0 Å². The molecule has 0 saturated carbocycles. The minimum Gasteiger partial charge on any atom is -0.324 e. The Labute approximate surface area is 108 Å². The number of hydrogen-bond donors (Lipinski definition) is 1. The number of rotatable bonds is 4. The van der Waals surface area contributed by atoms with Crippen molar-refractivity contribution in [3.05, 3.63) is 28.2 Å². The van der Waals surface area contributed by atoms with Crippen molar-refractivity contribution >= 4 is 46.6 Å². The van der Waals surface area contributed by atoms with E-state index in [4.69, 9.17) is 28.5 Å². The van der Waals surface area contributed by atoms with Crippen LogP contribution in [0.4, 0.5) is 5.69 Å². The number of amides is 1. The van der Waals surface area contributed by atoms with Crippen LogP contribution in [0.15, 0.2) is 18.2 Å². The Morgan fingerprint density at radius 3 is 2.88 bits per heavy atom. The standard InChI is InChI=1S/C10H8Cl2N2OS/c11-7-1-2-9(8(12)5-7)14-10(15)6-16-4-3-13/h1-2,5H,4,6H2,(H,14,15). The molecule has 0 aromatic heterocycles. The van der Waals surface area contributed by atoms with Crippen LogP contribution < -0.4 is 5.32 Å². The Kier molecular flexibility index (Phi) is 5.47. The largest absolute Gasteiger partial charge is 0.324 e. The smallest absolute Gasteiger partial charge is 0.234 e. The topological polar surface area (TPSA) is 52.9 Å². The Hall–Kier alpha value is -0.890. The van der Waals surface area contributed by atoms with Crippen LogP contribution in [0, 0.1) is 11.3 Å². The average Bonchev–Trinajstić information content (AvgIpc) is 2.23. The number of benzene rings is 1. The number of carbonyl (C=O) groups excluding carboxylic acids is 1. The summed E-state index contributed by atoms with van der Waals surface area (Å²) in [6.45, 7) is 0. The summed E-state index contributed by atoms with van der Waals surface area (Å²) < 4.78 is 0. The normalized spacial score (nSPS) is 9.56. The minimum absolute atomic E-state index is 0.190. The third-order valence-corrected chi connectivity index (χ3v) is 2.95. The van der Waals surface area contributed by atoms with Gasteiger partial charge in [-0.1, -0.05) is 23.2 Å². The van der Waals surface area contributed by atoms with Gasteiger partial charge in [0.15, 0.2) is 0 Å². The van der Waals surface area contributed by atoms with Gasteiger partial charge in [0.1, 0.15) is 0 Å². The maximum atomic E-state index is 11.4. The van der Waals surface area contributed by atoms with E-state index in [1.54, 1.807) is 18.2 Å². The van der Waals surface area contributed by atoms with Gasteiger partial charge in [-0.2, -0.15) is 5.26 Å². The first kappa shape index (κ1) is 13.2. The van der Waals surface area contributed by atoms with Gasteiger partial charge in [0.2, 0.25) is 5.91 Å². The van der Waals surface area contributed by atoms with E-state index in [9.17, 15) is 4.79 Å². The maximum absolute atomic E-state index is 11.4. The lowest BCUT2D eigenvalue weighted by atomic mass is 10.3. The number of halogens is 2. The van der Waals surface area contributed by atoms with Crippen LogP contribution >= 0.6 is 35.0 Å². The molecule has 1 rings (SSSR count). The number of anilines is 1. The molecule has 0 fully saturated rings. The molecule has 0 aliphatic heterocycles. The molecule has 16 heavy (non-hydrogen) atoms. The second-order valence-corrected chi connectivity index (χ2v) is 4.65. The molecule has 1 aromatic rings. The fourth-order valence-electron chi connectivity index (χ4n) is 0.967. The van der Waals surface area contributed by atoms with Gasteiger partial charge in [0, 0.05) is 5.02 Å². The molecule has 0 saturated heterocycles. The lowest BCUT2D eigenvalue weighted by Crippen LogP contribution is -2.14. The van der Waals surface area contributed by atoms with Crippen LogP contribution in [0.1, 0.15) is 0 Å². The summed E-state index contributed by atoms with van der Waals surface area (Å²) in [6, 6.07) is 6.78. The molecule has 6 heteroatoms. The van der Waals surface area contributed by atoms with Crippen LogP contribution in [-0.4, -0.2) is 17.4 Å². The second-order valence-electron chi connectivity index (χ2n) is 2.82. The SMILES string of the molecule is N#CCSCC(=O)Nc1ccc(Cl)cc1Cl. The molecule has 0 atom stereocenters. The number of thioether (sulfide) groups is 1. The first-order chi connectivity index (χ1) is 7.63. The van der Waals surface area contributed by atoms with Gasteiger partial charge >= 0.3 is 0 Å². The molecule has 1 N–H and O–H groups in total. The molecule has 1 amide bonds. The lowest BCUT2D eigenvalue weighted by molar-refractivity contribution is -0.113. The second kappa shape index (κ2) is 6.64. The fourth-order valence-corrected chi connectivity index (χ4v) is 1.87. The van der Waals surface area contributed by atoms with Crippen molar-refractivity contribution in [1.82, 2.24) is 0 Å². The number of carbonyl (C=O) groups is 1. The van der Waals surface area contributed by atoms with Crippen molar-refractivity contribution in [3.63, 3.8) is 0 Å². The molecule has 0 spiro atoms. The summed E-state index contributed by atoms with van der Waals surface area (Å²) in [5, 5.41) is 11.9. The van der Waals surface area contributed by atoms with E-state index in [1.807, 2.05) is 6.07 Å². The Morgan fingerprint density at radius 1 is 1.50 bits per heavy atom. The highest BCUT2D eigenvalue weighted by atomic mass is 35.5. The third-order valence-electron chi connectivity index (χ3n) is 1.60. The summed E-state index contributed by atoms with van der Waals surface area (Å²) in [5.74, 6) is 0.332. The quantitative estimate of drug-likeness (QED) is 0.858. The van der Waals surface area contributed by atoms with Gasteiger partial charge in [-0.05, 0) is 18.2 Å². The Balaban J connectivity index is 2.53. The molecule has 84 valence electrons. The highest BCUT2D eigenvalue weighted by Gasteiger charge is 2.06. The van der Waals surface area contributed by atoms with E-state index >= 15 is 0 Å². The lowest BCUT2D eigenvalue weighted by Gasteiger charge is -2.06. The van der Waals surface area contributed by atoms with Gasteiger partial charge in [0.05, 0.1) is 28.3 Å². The molecule has 0 heterocycles. The maximum Gasteiger partial charge on any atom is 0.234 e. The van der Waals surface area contributed by atoms with Gasteiger partial charge in [-0.25, -0.2) is 0 Å². The summed E-state index contributed by atoms with van der Waals surface area (Å²) in [5.41, 5.74) is 0.522. The molecule has 0 aliphatic rings. The molecular weight excluding hydrogens is 267 g/mol. The third kappa shape index (κ3) is 4.31. The molecule has 0 aliphatic carbocycles.